The van der Waals surface area contributed by atoms with Gasteiger partial charge in [-0.05, 0) is 12.1 Å². The van der Waals surface area contributed by atoms with Crippen LogP contribution in [0.1, 0.15) is 0 Å². The van der Waals surface area contributed by atoms with Crippen LogP contribution >= 0.6 is 15.9 Å². The number of ether oxygens (including phenoxy) is 1. The van der Waals surface area contributed by atoms with E-state index in [2.05, 4.69) is 26.1 Å². The van der Waals surface area contributed by atoms with E-state index in [1.165, 1.54) is 24.8 Å². The van der Waals surface area contributed by atoms with Crippen LogP contribution < -0.4 is 4.74 Å². The first-order valence-electron chi connectivity index (χ1n) is 5.23. The van der Waals surface area contributed by atoms with E-state index in [-0.39, 0.29) is 6.61 Å². The fraction of sp³-hybridized carbons (Fsp3) is 0.273. The lowest BCUT2D eigenvalue weighted by molar-refractivity contribution is 0.0922. The first-order valence-corrected chi connectivity index (χ1v) is 6.02. The van der Waals surface area contributed by atoms with Crippen molar-refractivity contribution in [2.45, 2.75) is 12.6 Å². The number of nitrogens with zero attached hydrogens (tertiary/aromatic N) is 3. The number of aliphatic hydroxyl groups excluding tert-OH is 1. The van der Waals surface area contributed by atoms with E-state index >= 15 is 0 Å². The van der Waals surface area contributed by atoms with E-state index in [9.17, 15) is 9.50 Å². The van der Waals surface area contributed by atoms with E-state index in [0.29, 0.717) is 16.8 Å². The van der Waals surface area contributed by atoms with Crippen molar-refractivity contribution < 1.29 is 14.2 Å². The van der Waals surface area contributed by atoms with Gasteiger partial charge in [-0.15, -0.1) is 10.2 Å². The number of rotatable bonds is 5. The molecule has 0 unspecified atom stereocenters. The zero-order chi connectivity index (χ0) is 13.0. The van der Waals surface area contributed by atoms with E-state index in [4.69, 9.17) is 4.74 Å². The van der Waals surface area contributed by atoms with Gasteiger partial charge in [0.25, 0.3) is 0 Å². The maximum absolute atomic E-state index is 13.1. The van der Waals surface area contributed by atoms with Crippen molar-refractivity contribution in [2.75, 3.05) is 6.61 Å². The molecular formula is C11H11BrFN3O2. The van der Waals surface area contributed by atoms with Gasteiger partial charge in [-0.1, -0.05) is 15.9 Å². The van der Waals surface area contributed by atoms with Crippen LogP contribution in [0.2, 0.25) is 0 Å². The Labute approximate surface area is 111 Å². The lowest BCUT2D eigenvalue weighted by atomic mass is 10.3. The third-order valence-electron chi connectivity index (χ3n) is 2.17. The molecule has 0 radical (unpaired) electrons. The number of hydrogen-bond donors (Lipinski definition) is 1. The molecule has 0 saturated heterocycles. The number of hydrogen-bond acceptors (Lipinski definition) is 4. The standard InChI is InChI=1S/C11H11BrFN3O2/c12-8-1-9(13)3-11(2-8)18-5-10(17)4-16-6-14-15-7-16/h1-3,6-7,10,17H,4-5H2/t10-/m1/s1. The first-order chi connectivity index (χ1) is 8.63. The molecule has 2 rings (SSSR count). The van der Waals surface area contributed by atoms with Gasteiger partial charge in [0.2, 0.25) is 0 Å². The summed E-state index contributed by atoms with van der Waals surface area (Å²) in [6.07, 6.45) is 2.28. The molecule has 0 bridgehead atoms. The van der Waals surface area contributed by atoms with E-state index in [0.717, 1.165) is 0 Å². The predicted octanol–water partition coefficient (Wildman–Crippen LogP) is 1.62. The second kappa shape index (κ2) is 5.92. The minimum atomic E-state index is -0.719. The van der Waals surface area contributed by atoms with Crippen LogP contribution in [-0.4, -0.2) is 32.6 Å². The fourth-order valence-corrected chi connectivity index (χ4v) is 1.86. The Morgan fingerprint density at radius 2 is 2.06 bits per heavy atom. The second-order valence-electron chi connectivity index (χ2n) is 3.73. The van der Waals surface area contributed by atoms with Crippen LogP contribution in [0.3, 0.4) is 0 Å². The van der Waals surface area contributed by atoms with Crippen molar-refractivity contribution in [2.24, 2.45) is 0 Å². The van der Waals surface area contributed by atoms with Crippen LogP contribution in [0.15, 0.2) is 35.3 Å². The topological polar surface area (TPSA) is 60.2 Å². The number of aromatic nitrogens is 3. The highest BCUT2D eigenvalue weighted by Gasteiger charge is 2.07. The van der Waals surface area contributed by atoms with Gasteiger partial charge in [-0.25, -0.2) is 4.39 Å². The molecule has 96 valence electrons. The summed E-state index contributed by atoms with van der Waals surface area (Å²) >= 11 is 3.17. The highest BCUT2D eigenvalue weighted by molar-refractivity contribution is 9.10. The van der Waals surface area contributed by atoms with Crippen molar-refractivity contribution in [1.29, 1.82) is 0 Å². The highest BCUT2D eigenvalue weighted by Crippen LogP contribution is 2.20. The van der Waals surface area contributed by atoms with Crippen molar-refractivity contribution >= 4 is 15.9 Å². The molecule has 5 nitrogen and oxygen atoms in total. The molecule has 0 fully saturated rings. The Hall–Kier alpha value is -1.47. The lowest BCUT2D eigenvalue weighted by Crippen LogP contribution is -2.23. The summed E-state index contributed by atoms with van der Waals surface area (Å²) in [6.45, 7) is 0.386. The summed E-state index contributed by atoms with van der Waals surface area (Å²) in [5.74, 6) is -0.0302. The smallest absolute Gasteiger partial charge is 0.128 e. The second-order valence-corrected chi connectivity index (χ2v) is 4.64. The van der Waals surface area contributed by atoms with Gasteiger partial charge in [0, 0.05) is 10.5 Å². The van der Waals surface area contributed by atoms with Crippen LogP contribution in [0, 0.1) is 5.82 Å². The Kier molecular flexibility index (Phi) is 4.27. The van der Waals surface area contributed by atoms with E-state index in [1.807, 2.05) is 0 Å². The molecule has 0 aliphatic heterocycles. The molecule has 0 aliphatic carbocycles. The maximum atomic E-state index is 13.1. The van der Waals surface area contributed by atoms with Crippen molar-refractivity contribution in [3.05, 3.63) is 41.1 Å². The average molecular weight is 316 g/mol. The largest absolute Gasteiger partial charge is 0.491 e. The normalized spacial score (nSPS) is 12.4. The summed E-state index contributed by atoms with van der Waals surface area (Å²) in [5, 5.41) is 17.0. The maximum Gasteiger partial charge on any atom is 0.128 e. The lowest BCUT2D eigenvalue weighted by Gasteiger charge is -2.12. The van der Waals surface area contributed by atoms with Crippen molar-refractivity contribution in [3.63, 3.8) is 0 Å². The molecule has 0 amide bonds. The van der Waals surface area contributed by atoms with Gasteiger partial charge in [-0.3, -0.25) is 0 Å². The Balaban J connectivity index is 1.87. The Morgan fingerprint density at radius 1 is 1.33 bits per heavy atom. The molecule has 7 heteroatoms. The minimum Gasteiger partial charge on any atom is -0.491 e. The molecule has 1 N–H and O–H groups in total. The molecule has 0 spiro atoms. The third kappa shape index (κ3) is 3.78. The predicted molar refractivity (Wildman–Crippen MR) is 65.6 cm³/mol. The van der Waals surface area contributed by atoms with Crippen LogP contribution in [0.5, 0.6) is 5.75 Å². The van der Waals surface area contributed by atoms with E-state index in [1.54, 1.807) is 10.6 Å². The van der Waals surface area contributed by atoms with Gasteiger partial charge in [0.05, 0.1) is 6.54 Å². The molecule has 1 heterocycles. The quantitative estimate of drug-likeness (QED) is 0.911. The van der Waals surface area contributed by atoms with Gasteiger partial charge in [0.15, 0.2) is 0 Å². The van der Waals surface area contributed by atoms with Gasteiger partial charge in [-0.2, -0.15) is 0 Å². The van der Waals surface area contributed by atoms with E-state index < -0.39 is 11.9 Å². The van der Waals surface area contributed by atoms with Crippen LogP contribution in [0.4, 0.5) is 4.39 Å². The minimum absolute atomic E-state index is 0.0636. The van der Waals surface area contributed by atoms with Gasteiger partial charge in [0.1, 0.15) is 36.9 Å². The fourth-order valence-electron chi connectivity index (χ4n) is 1.42. The summed E-state index contributed by atoms with van der Waals surface area (Å²) in [4.78, 5) is 0. The molecule has 0 saturated carbocycles. The van der Waals surface area contributed by atoms with Gasteiger partial charge >= 0.3 is 0 Å². The highest BCUT2D eigenvalue weighted by atomic mass is 79.9. The summed E-state index contributed by atoms with van der Waals surface area (Å²) in [7, 11) is 0. The average Bonchev–Trinajstić information content (AvgIpc) is 2.78. The first kappa shape index (κ1) is 13.0. The summed E-state index contributed by atoms with van der Waals surface area (Å²) in [5.41, 5.74) is 0. The SMILES string of the molecule is O[C@@H](COc1cc(F)cc(Br)c1)Cn1cnnc1. The molecule has 1 aromatic heterocycles. The number of benzene rings is 1. The molecule has 1 aromatic carbocycles. The number of halogens is 2. The molecule has 1 atom stereocenters. The van der Waals surface area contributed by atoms with Crippen LogP contribution in [0.25, 0.3) is 0 Å². The Morgan fingerprint density at radius 3 is 2.72 bits per heavy atom. The summed E-state index contributed by atoms with van der Waals surface area (Å²) in [6, 6.07) is 4.23. The number of aliphatic hydroxyl groups is 1. The third-order valence-corrected chi connectivity index (χ3v) is 2.62. The van der Waals surface area contributed by atoms with Crippen molar-refractivity contribution in [3.8, 4) is 5.75 Å². The van der Waals surface area contributed by atoms with Crippen molar-refractivity contribution in [1.82, 2.24) is 14.8 Å². The molecule has 0 aliphatic rings. The molecular weight excluding hydrogens is 305 g/mol. The zero-order valence-electron chi connectivity index (χ0n) is 9.33. The van der Waals surface area contributed by atoms with Crippen LogP contribution in [-0.2, 0) is 6.54 Å². The Bertz CT molecular complexity index is 487. The summed E-state index contributed by atoms with van der Waals surface area (Å²) < 4.78 is 20.6. The molecule has 18 heavy (non-hydrogen) atoms. The zero-order valence-corrected chi connectivity index (χ0v) is 10.9. The monoisotopic (exact) mass is 315 g/mol. The van der Waals surface area contributed by atoms with Gasteiger partial charge < -0.3 is 14.4 Å². The molecule has 2 aromatic rings.